The molecule has 1 aromatic rings. The Hall–Kier alpha value is -1.32. The Morgan fingerprint density at radius 3 is 2.29 bits per heavy atom. The molecule has 2 rings (SSSR count). The lowest BCUT2D eigenvalue weighted by Gasteiger charge is -2.38. The smallest absolute Gasteiger partial charge is 0.272 e. The molecular formula is C17H29N3O. The number of likely N-dealkylation sites (tertiary alicyclic amines) is 1. The van der Waals surface area contributed by atoms with Gasteiger partial charge in [0.2, 0.25) is 0 Å². The number of aromatic nitrogens is 2. The van der Waals surface area contributed by atoms with Gasteiger partial charge in [-0.05, 0) is 36.2 Å². The molecule has 0 saturated carbocycles. The van der Waals surface area contributed by atoms with E-state index in [0.29, 0.717) is 22.9 Å². The zero-order valence-corrected chi connectivity index (χ0v) is 14.3. The second-order valence-corrected chi connectivity index (χ2v) is 7.67. The molecule has 1 saturated heterocycles. The van der Waals surface area contributed by atoms with Gasteiger partial charge < -0.3 is 4.90 Å². The van der Waals surface area contributed by atoms with Crippen molar-refractivity contribution in [1.29, 1.82) is 0 Å². The fourth-order valence-electron chi connectivity index (χ4n) is 3.08. The highest BCUT2D eigenvalue weighted by molar-refractivity contribution is 5.92. The molecule has 118 valence electrons. The van der Waals surface area contributed by atoms with Gasteiger partial charge in [-0.1, -0.05) is 34.6 Å². The number of nitrogens with zero attached hydrogens (tertiary/aromatic N) is 3. The minimum atomic E-state index is 0.129. The number of hydrogen-bond acceptors (Lipinski definition) is 2. The van der Waals surface area contributed by atoms with Crippen LogP contribution in [0.3, 0.4) is 0 Å². The number of carbonyl (C=O) groups is 1. The Balaban J connectivity index is 2.05. The van der Waals surface area contributed by atoms with E-state index in [2.05, 4.69) is 39.7 Å². The molecule has 1 aromatic heterocycles. The van der Waals surface area contributed by atoms with Gasteiger partial charge in [0, 0.05) is 20.1 Å². The van der Waals surface area contributed by atoms with Crippen LogP contribution < -0.4 is 0 Å². The van der Waals surface area contributed by atoms with Crippen molar-refractivity contribution in [2.45, 2.75) is 53.4 Å². The molecule has 4 nitrogen and oxygen atoms in total. The first-order valence-corrected chi connectivity index (χ1v) is 8.03. The molecule has 0 spiro atoms. The Morgan fingerprint density at radius 1 is 1.29 bits per heavy atom. The topological polar surface area (TPSA) is 38.1 Å². The molecule has 0 bridgehead atoms. The van der Waals surface area contributed by atoms with E-state index in [4.69, 9.17) is 0 Å². The fraction of sp³-hybridized carbons (Fsp3) is 0.765. The van der Waals surface area contributed by atoms with Crippen LogP contribution in [0.2, 0.25) is 0 Å². The first-order valence-electron chi connectivity index (χ1n) is 8.03. The van der Waals surface area contributed by atoms with E-state index < -0.39 is 0 Å². The number of hydrogen-bond donors (Lipinski definition) is 0. The van der Waals surface area contributed by atoms with Gasteiger partial charge in [-0.25, -0.2) is 0 Å². The molecule has 2 heterocycles. The number of carbonyl (C=O) groups excluding carboxylic acids is 1. The number of amides is 1. The lowest BCUT2D eigenvalue weighted by molar-refractivity contribution is 0.0598. The molecule has 1 amide bonds. The van der Waals surface area contributed by atoms with E-state index in [-0.39, 0.29) is 5.91 Å². The first-order chi connectivity index (χ1) is 9.70. The monoisotopic (exact) mass is 291 g/mol. The molecular weight excluding hydrogens is 262 g/mol. The summed E-state index contributed by atoms with van der Waals surface area (Å²) < 4.78 is 1.73. The minimum absolute atomic E-state index is 0.129. The summed E-state index contributed by atoms with van der Waals surface area (Å²) in [6.07, 6.45) is 2.20. The molecule has 0 radical (unpaired) electrons. The summed E-state index contributed by atoms with van der Waals surface area (Å²) in [5.41, 5.74) is 2.05. The maximum atomic E-state index is 12.7. The summed E-state index contributed by atoms with van der Waals surface area (Å²) in [6, 6.07) is 1.95. The summed E-state index contributed by atoms with van der Waals surface area (Å²) in [7, 11) is 1.86. The van der Waals surface area contributed by atoms with Crippen LogP contribution in [-0.4, -0.2) is 33.7 Å². The van der Waals surface area contributed by atoms with Crippen LogP contribution in [0, 0.1) is 11.3 Å². The van der Waals surface area contributed by atoms with Crippen LogP contribution in [0.4, 0.5) is 0 Å². The third kappa shape index (κ3) is 3.47. The summed E-state index contributed by atoms with van der Waals surface area (Å²) in [6.45, 7) is 12.8. The van der Waals surface area contributed by atoms with Crippen LogP contribution >= 0.6 is 0 Å². The van der Waals surface area contributed by atoms with Gasteiger partial charge >= 0.3 is 0 Å². The molecule has 1 fully saturated rings. The largest absolute Gasteiger partial charge is 0.337 e. The van der Waals surface area contributed by atoms with Gasteiger partial charge in [-0.2, -0.15) is 5.10 Å². The fourth-order valence-corrected chi connectivity index (χ4v) is 3.08. The van der Waals surface area contributed by atoms with Crippen molar-refractivity contribution in [3.8, 4) is 0 Å². The molecule has 0 aliphatic carbocycles. The van der Waals surface area contributed by atoms with Gasteiger partial charge in [-0.15, -0.1) is 0 Å². The average Bonchev–Trinajstić information content (AvgIpc) is 2.79. The van der Waals surface area contributed by atoms with Crippen LogP contribution in [0.5, 0.6) is 0 Å². The van der Waals surface area contributed by atoms with E-state index in [9.17, 15) is 4.79 Å². The highest BCUT2D eigenvalue weighted by Crippen LogP contribution is 2.34. The third-order valence-electron chi connectivity index (χ3n) is 4.72. The van der Waals surface area contributed by atoms with Crippen LogP contribution in [0.25, 0.3) is 0 Å². The summed E-state index contributed by atoms with van der Waals surface area (Å²) >= 11 is 0. The van der Waals surface area contributed by atoms with Crippen LogP contribution in [-0.2, 0) is 7.05 Å². The zero-order chi connectivity index (χ0) is 15.8. The SMILES string of the molecule is CC(C)c1cc(C(=O)N2CCC(C(C)(C)C)CC2)n(C)n1. The summed E-state index contributed by atoms with van der Waals surface area (Å²) in [5.74, 6) is 1.19. The Kier molecular flexibility index (Phi) is 4.45. The zero-order valence-electron chi connectivity index (χ0n) is 14.3. The lowest BCUT2D eigenvalue weighted by Crippen LogP contribution is -2.42. The Morgan fingerprint density at radius 2 is 1.86 bits per heavy atom. The predicted octanol–water partition coefficient (Wildman–Crippen LogP) is 3.44. The molecule has 0 N–H and O–H groups in total. The highest BCUT2D eigenvalue weighted by atomic mass is 16.2. The average molecular weight is 291 g/mol. The standard InChI is InChI=1S/C17H29N3O/c1-12(2)14-11-15(19(6)18-14)16(21)20-9-7-13(8-10-20)17(3,4)5/h11-13H,7-10H2,1-6H3. The second kappa shape index (κ2) is 5.82. The van der Waals surface area contributed by atoms with Crippen molar-refractivity contribution in [2.75, 3.05) is 13.1 Å². The van der Waals surface area contributed by atoms with Gasteiger partial charge in [0.05, 0.1) is 5.69 Å². The van der Waals surface area contributed by atoms with E-state index in [1.807, 2.05) is 18.0 Å². The van der Waals surface area contributed by atoms with Gasteiger partial charge in [0.25, 0.3) is 5.91 Å². The summed E-state index contributed by atoms with van der Waals surface area (Å²) in [4.78, 5) is 14.7. The first kappa shape index (κ1) is 16.1. The Labute approximate surface area is 128 Å². The van der Waals surface area contributed by atoms with E-state index in [0.717, 1.165) is 31.6 Å². The molecule has 0 unspecified atom stereocenters. The van der Waals surface area contributed by atoms with Crippen molar-refractivity contribution >= 4 is 5.91 Å². The van der Waals surface area contributed by atoms with Gasteiger partial charge in [-0.3, -0.25) is 9.48 Å². The highest BCUT2D eigenvalue weighted by Gasteiger charge is 2.31. The van der Waals surface area contributed by atoms with Crippen molar-refractivity contribution in [2.24, 2.45) is 18.4 Å². The maximum Gasteiger partial charge on any atom is 0.272 e. The predicted molar refractivity (Wildman–Crippen MR) is 85.4 cm³/mol. The molecule has 1 aliphatic rings. The molecule has 4 heteroatoms. The second-order valence-electron chi connectivity index (χ2n) is 7.67. The van der Waals surface area contributed by atoms with Crippen molar-refractivity contribution in [1.82, 2.24) is 14.7 Å². The van der Waals surface area contributed by atoms with Crippen molar-refractivity contribution < 1.29 is 4.79 Å². The number of rotatable bonds is 2. The number of piperidine rings is 1. The maximum absolute atomic E-state index is 12.7. The van der Waals surface area contributed by atoms with Crippen LogP contribution in [0.15, 0.2) is 6.07 Å². The van der Waals surface area contributed by atoms with Gasteiger partial charge in [0.1, 0.15) is 5.69 Å². The quantitative estimate of drug-likeness (QED) is 0.837. The van der Waals surface area contributed by atoms with E-state index >= 15 is 0 Å². The number of aryl methyl sites for hydroxylation is 1. The third-order valence-corrected chi connectivity index (χ3v) is 4.72. The van der Waals surface area contributed by atoms with Crippen molar-refractivity contribution in [3.05, 3.63) is 17.5 Å². The normalized spacial score (nSPS) is 17.6. The summed E-state index contributed by atoms with van der Waals surface area (Å²) in [5, 5.41) is 4.45. The van der Waals surface area contributed by atoms with Gasteiger partial charge in [0.15, 0.2) is 0 Å². The molecule has 0 atom stereocenters. The van der Waals surface area contributed by atoms with Crippen LogP contribution in [0.1, 0.15) is 69.6 Å². The van der Waals surface area contributed by atoms with E-state index in [1.54, 1.807) is 4.68 Å². The van der Waals surface area contributed by atoms with E-state index in [1.165, 1.54) is 0 Å². The molecule has 21 heavy (non-hydrogen) atoms. The van der Waals surface area contributed by atoms with Crippen molar-refractivity contribution in [3.63, 3.8) is 0 Å². The Bertz CT molecular complexity index is 503. The molecule has 0 aromatic carbocycles. The molecule has 1 aliphatic heterocycles. The lowest BCUT2D eigenvalue weighted by atomic mass is 9.75. The minimum Gasteiger partial charge on any atom is -0.337 e.